The van der Waals surface area contributed by atoms with E-state index in [0.29, 0.717) is 12.8 Å². The van der Waals surface area contributed by atoms with Crippen molar-refractivity contribution in [1.82, 2.24) is 10.0 Å². The highest BCUT2D eigenvalue weighted by Crippen LogP contribution is 2.38. The Kier molecular flexibility index (Phi) is 5.06. The molecule has 0 aliphatic heterocycles. The number of sulfonamides is 1. The van der Waals surface area contributed by atoms with E-state index in [4.69, 9.17) is 18.0 Å². The van der Waals surface area contributed by atoms with E-state index >= 15 is 0 Å². The first-order chi connectivity index (χ1) is 8.34. The summed E-state index contributed by atoms with van der Waals surface area (Å²) in [4.78, 5) is 12.3. The fourth-order valence-electron chi connectivity index (χ4n) is 2.13. The molecule has 0 saturated heterocycles. The van der Waals surface area contributed by atoms with Crippen LogP contribution in [0.4, 0.5) is 0 Å². The van der Waals surface area contributed by atoms with Gasteiger partial charge in [0.25, 0.3) is 0 Å². The Morgan fingerprint density at radius 1 is 1.39 bits per heavy atom. The summed E-state index contributed by atoms with van der Waals surface area (Å²) in [6, 6.07) is 0. The number of carbonyl (C=O) groups is 1. The highest BCUT2D eigenvalue weighted by atomic mass is 32.2. The molecule has 1 rings (SSSR count). The second-order valence-corrected chi connectivity index (χ2v) is 6.92. The van der Waals surface area contributed by atoms with Gasteiger partial charge in [-0.3, -0.25) is 4.79 Å². The number of nitrogens with one attached hydrogen (secondary N) is 2. The maximum atomic E-state index is 12.1. The second kappa shape index (κ2) is 5.94. The summed E-state index contributed by atoms with van der Waals surface area (Å²) in [5.41, 5.74) is 4.88. The molecular formula is C10H19N3O3S2. The van der Waals surface area contributed by atoms with Gasteiger partial charge in [-0.2, -0.15) is 0 Å². The summed E-state index contributed by atoms with van der Waals surface area (Å²) >= 11 is 4.98. The van der Waals surface area contributed by atoms with Crippen LogP contribution >= 0.6 is 12.2 Å². The second-order valence-electron chi connectivity index (χ2n) is 4.43. The molecule has 1 aliphatic rings. The van der Waals surface area contributed by atoms with Gasteiger partial charge < -0.3 is 11.1 Å². The van der Waals surface area contributed by atoms with Crippen LogP contribution in [0, 0.1) is 5.41 Å². The van der Waals surface area contributed by atoms with Crippen LogP contribution < -0.4 is 15.8 Å². The molecule has 0 atom stereocenters. The minimum atomic E-state index is -3.31. The normalized spacial score (nSPS) is 18.5. The first-order valence-corrected chi connectivity index (χ1v) is 7.89. The highest BCUT2D eigenvalue weighted by Gasteiger charge is 2.43. The molecule has 1 saturated carbocycles. The molecule has 6 nitrogen and oxygen atoms in total. The summed E-state index contributed by atoms with van der Waals surface area (Å²) in [7, 11) is -1.97. The van der Waals surface area contributed by atoms with E-state index < -0.39 is 15.4 Å². The van der Waals surface area contributed by atoms with Crippen molar-refractivity contribution in [3.8, 4) is 0 Å². The van der Waals surface area contributed by atoms with Crippen molar-refractivity contribution in [3.63, 3.8) is 0 Å². The van der Waals surface area contributed by atoms with Gasteiger partial charge in [-0.25, -0.2) is 13.1 Å². The molecule has 0 radical (unpaired) electrons. The first-order valence-electron chi connectivity index (χ1n) is 5.83. The molecule has 0 aromatic heterocycles. The molecule has 1 fully saturated rings. The average Bonchev–Trinajstić information content (AvgIpc) is 2.79. The van der Waals surface area contributed by atoms with Gasteiger partial charge in [0.05, 0.1) is 16.2 Å². The summed E-state index contributed by atoms with van der Waals surface area (Å²) in [5, 5.41) is 2.61. The van der Waals surface area contributed by atoms with Crippen LogP contribution in [-0.2, 0) is 14.8 Å². The lowest BCUT2D eigenvalue weighted by Crippen LogP contribution is -2.48. The number of rotatable bonds is 6. The number of carbonyl (C=O) groups excluding carboxylic acids is 1. The molecule has 1 aliphatic carbocycles. The van der Waals surface area contributed by atoms with E-state index in [9.17, 15) is 13.2 Å². The SMILES string of the molecule is CNS(=O)(=O)CCNC(=O)C1(C(N)=S)CCCC1. The Morgan fingerprint density at radius 3 is 2.39 bits per heavy atom. The fourth-order valence-corrected chi connectivity index (χ4v) is 3.01. The van der Waals surface area contributed by atoms with Crippen molar-refractivity contribution in [2.75, 3.05) is 19.3 Å². The van der Waals surface area contributed by atoms with Gasteiger partial charge in [-0.05, 0) is 19.9 Å². The molecule has 18 heavy (non-hydrogen) atoms. The summed E-state index contributed by atoms with van der Waals surface area (Å²) in [6.45, 7) is 0.0619. The van der Waals surface area contributed by atoms with E-state index in [1.165, 1.54) is 7.05 Å². The Bertz CT molecular complexity index is 428. The van der Waals surface area contributed by atoms with Gasteiger partial charge in [-0.1, -0.05) is 25.1 Å². The van der Waals surface area contributed by atoms with E-state index in [2.05, 4.69) is 10.0 Å². The van der Waals surface area contributed by atoms with Crippen molar-refractivity contribution in [3.05, 3.63) is 0 Å². The minimum Gasteiger partial charge on any atom is -0.392 e. The van der Waals surface area contributed by atoms with Gasteiger partial charge >= 0.3 is 0 Å². The van der Waals surface area contributed by atoms with Crippen LogP contribution in [0.5, 0.6) is 0 Å². The van der Waals surface area contributed by atoms with Crippen molar-refractivity contribution >= 4 is 33.1 Å². The topological polar surface area (TPSA) is 101 Å². The zero-order valence-electron chi connectivity index (χ0n) is 10.4. The monoisotopic (exact) mass is 293 g/mol. The standard InChI is InChI=1S/C10H19N3O3S2/c1-12-18(15,16)7-6-13-9(14)10(8(11)17)4-2-3-5-10/h12H,2-7H2,1H3,(H2,11,17)(H,13,14). The van der Waals surface area contributed by atoms with Crippen molar-refractivity contribution in [2.45, 2.75) is 25.7 Å². The van der Waals surface area contributed by atoms with Crippen LogP contribution in [0.15, 0.2) is 0 Å². The zero-order chi connectivity index (χ0) is 13.8. The van der Waals surface area contributed by atoms with Gasteiger partial charge in [0.2, 0.25) is 15.9 Å². The molecule has 0 aromatic rings. The van der Waals surface area contributed by atoms with Crippen molar-refractivity contribution < 1.29 is 13.2 Å². The van der Waals surface area contributed by atoms with Crippen LogP contribution in [0.25, 0.3) is 0 Å². The van der Waals surface area contributed by atoms with Crippen molar-refractivity contribution in [2.24, 2.45) is 11.1 Å². The van der Waals surface area contributed by atoms with E-state index in [0.717, 1.165) is 12.8 Å². The predicted molar refractivity (Wildman–Crippen MR) is 73.5 cm³/mol. The van der Waals surface area contributed by atoms with E-state index in [1.54, 1.807) is 0 Å². The molecule has 0 aromatic carbocycles. The lowest BCUT2D eigenvalue weighted by molar-refractivity contribution is -0.127. The maximum Gasteiger partial charge on any atom is 0.233 e. The molecule has 0 unspecified atom stereocenters. The largest absolute Gasteiger partial charge is 0.392 e. The van der Waals surface area contributed by atoms with E-state index in [1.807, 2.05) is 0 Å². The Labute approximate surface area is 113 Å². The lowest BCUT2D eigenvalue weighted by atomic mass is 9.85. The molecule has 0 spiro atoms. The quantitative estimate of drug-likeness (QED) is 0.573. The molecule has 0 bridgehead atoms. The number of thiocarbonyl (C=S) groups is 1. The molecule has 0 heterocycles. The third-order valence-electron chi connectivity index (χ3n) is 3.33. The third kappa shape index (κ3) is 3.39. The fraction of sp³-hybridized carbons (Fsp3) is 0.800. The minimum absolute atomic E-state index is 0.0619. The Balaban J connectivity index is 2.57. The molecule has 8 heteroatoms. The molecule has 4 N–H and O–H groups in total. The number of amides is 1. The van der Waals surface area contributed by atoms with Crippen LogP contribution in [0.1, 0.15) is 25.7 Å². The predicted octanol–water partition coefficient (Wildman–Crippen LogP) is -0.502. The van der Waals surface area contributed by atoms with Crippen LogP contribution in [0.3, 0.4) is 0 Å². The molecular weight excluding hydrogens is 274 g/mol. The first kappa shape index (κ1) is 15.3. The maximum absolute atomic E-state index is 12.1. The Hall–Kier alpha value is -0.730. The van der Waals surface area contributed by atoms with Crippen molar-refractivity contribution in [1.29, 1.82) is 0 Å². The van der Waals surface area contributed by atoms with Gasteiger partial charge in [-0.15, -0.1) is 0 Å². The van der Waals surface area contributed by atoms with Crippen LogP contribution in [-0.4, -0.2) is 38.7 Å². The highest BCUT2D eigenvalue weighted by molar-refractivity contribution is 7.89. The molecule has 1 amide bonds. The summed E-state index contributed by atoms with van der Waals surface area (Å²) < 4.78 is 24.6. The van der Waals surface area contributed by atoms with Gasteiger partial charge in [0.15, 0.2) is 0 Å². The third-order valence-corrected chi connectivity index (χ3v) is 5.09. The number of hydrogen-bond donors (Lipinski definition) is 3. The number of nitrogens with two attached hydrogens (primary N) is 1. The van der Waals surface area contributed by atoms with Gasteiger partial charge in [0.1, 0.15) is 0 Å². The zero-order valence-corrected chi connectivity index (χ0v) is 12.0. The number of hydrogen-bond acceptors (Lipinski definition) is 4. The van der Waals surface area contributed by atoms with E-state index in [-0.39, 0.29) is 23.2 Å². The summed E-state index contributed by atoms with van der Waals surface area (Å²) in [5.74, 6) is -0.401. The molecule has 104 valence electrons. The lowest BCUT2D eigenvalue weighted by Gasteiger charge is -2.26. The van der Waals surface area contributed by atoms with Crippen LogP contribution in [0.2, 0.25) is 0 Å². The smallest absolute Gasteiger partial charge is 0.233 e. The Morgan fingerprint density at radius 2 is 1.94 bits per heavy atom. The average molecular weight is 293 g/mol. The van der Waals surface area contributed by atoms with Gasteiger partial charge in [0, 0.05) is 6.54 Å². The summed E-state index contributed by atoms with van der Waals surface area (Å²) in [6.07, 6.45) is 3.12.